The molecule has 0 fully saturated rings. The molecule has 0 saturated heterocycles. The Morgan fingerprint density at radius 2 is 0.587 bits per heavy atom. The fourth-order valence-electron chi connectivity index (χ4n) is 11.8. The molecule has 0 unspecified atom stereocenters. The molecule has 2 heterocycles. The second kappa shape index (κ2) is 19.6. The van der Waals surface area contributed by atoms with Gasteiger partial charge in [0, 0.05) is 21.9 Å². The van der Waals surface area contributed by atoms with Gasteiger partial charge in [0.2, 0.25) is 5.95 Å². The summed E-state index contributed by atoms with van der Waals surface area (Å²) in [6.07, 6.45) is 0. The van der Waals surface area contributed by atoms with Crippen LogP contribution in [0.15, 0.2) is 303 Å². The fraction of sp³-hybridized carbons (Fsp3) is 0. The number of rotatable bonds is 12. The molecule has 354 valence electrons. The summed E-state index contributed by atoms with van der Waals surface area (Å²) in [4.78, 5) is 17.4. The number of hydrogen-bond donors (Lipinski definition) is 0. The normalized spacial score (nSPS) is 11.7. The van der Waals surface area contributed by atoms with E-state index in [0.717, 1.165) is 44.1 Å². The van der Waals surface area contributed by atoms with Crippen LogP contribution in [0.1, 0.15) is 0 Å². The van der Waals surface area contributed by atoms with E-state index in [0.29, 0.717) is 17.6 Å². The summed E-state index contributed by atoms with van der Waals surface area (Å²) >= 11 is 0. The van der Waals surface area contributed by atoms with Gasteiger partial charge in [0.05, 0.1) is 11.0 Å². The van der Waals surface area contributed by atoms with Crippen LogP contribution in [0.2, 0.25) is 0 Å². The smallest absolute Gasteiger partial charge is 0.238 e. The zero-order chi connectivity index (χ0) is 50.0. The molecular formula is C69H50N4Si2. The summed E-state index contributed by atoms with van der Waals surface area (Å²) in [5.41, 5.74) is 6.16. The number of aromatic nitrogens is 4. The lowest BCUT2D eigenvalue weighted by molar-refractivity contribution is 0.954. The highest BCUT2D eigenvalue weighted by molar-refractivity contribution is 7.21. The molecule has 0 saturated carbocycles. The Kier molecular flexibility index (Phi) is 11.9. The second-order valence-corrected chi connectivity index (χ2v) is 26.6. The molecule has 0 spiro atoms. The van der Waals surface area contributed by atoms with Crippen LogP contribution < -0.4 is 41.5 Å². The quantitative estimate of drug-likeness (QED) is 0.0905. The first-order valence-electron chi connectivity index (χ1n) is 25.6. The molecule has 0 N–H and O–H groups in total. The van der Waals surface area contributed by atoms with Crippen LogP contribution in [0, 0.1) is 0 Å². The van der Waals surface area contributed by atoms with E-state index >= 15 is 0 Å². The molecule has 2 aromatic heterocycles. The van der Waals surface area contributed by atoms with E-state index in [1.54, 1.807) is 0 Å². The molecule has 6 heteroatoms. The Bertz CT molecular complexity index is 3850. The van der Waals surface area contributed by atoms with Gasteiger partial charge < -0.3 is 0 Å². The van der Waals surface area contributed by atoms with Gasteiger partial charge in [-0.2, -0.15) is 9.97 Å². The van der Waals surface area contributed by atoms with E-state index in [1.165, 1.54) is 41.5 Å². The molecule has 0 atom stereocenters. The minimum Gasteiger partial charge on any atom is -0.278 e. The molecule has 0 aliphatic rings. The maximum absolute atomic E-state index is 5.90. The lowest BCUT2D eigenvalue weighted by atomic mass is 10.0. The van der Waals surface area contributed by atoms with Gasteiger partial charge >= 0.3 is 0 Å². The molecule has 0 radical (unpaired) electrons. The number of nitrogens with zero attached hydrogens (tertiary/aromatic N) is 4. The van der Waals surface area contributed by atoms with Crippen molar-refractivity contribution in [3.05, 3.63) is 303 Å². The average Bonchev–Trinajstić information content (AvgIpc) is 3.84. The van der Waals surface area contributed by atoms with Crippen molar-refractivity contribution in [3.8, 4) is 39.9 Å². The summed E-state index contributed by atoms with van der Waals surface area (Å²) in [6, 6.07) is 110. The average molecular weight is 991 g/mol. The van der Waals surface area contributed by atoms with E-state index in [-0.39, 0.29) is 0 Å². The van der Waals surface area contributed by atoms with Crippen molar-refractivity contribution in [1.82, 2.24) is 19.5 Å². The van der Waals surface area contributed by atoms with Crippen molar-refractivity contribution in [2.45, 2.75) is 0 Å². The monoisotopic (exact) mass is 990 g/mol. The third kappa shape index (κ3) is 7.78. The minimum absolute atomic E-state index is 0.552. The predicted octanol–water partition coefficient (Wildman–Crippen LogP) is 10.7. The third-order valence-electron chi connectivity index (χ3n) is 15.0. The minimum atomic E-state index is -3.19. The molecule has 0 amide bonds. The number of hydrogen-bond acceptors (Lipinski definition) is 3. The highest BCUT2D eigenvalue weighted by Crippen LogP contribution is 2.34. The lowest BCUT2D eigenvalue weighted by Gasteiger charge is -2.36. The Morgan fingerprint density at radius 3 is 1.01 bits per heavy atom. The summed E-state index contributed by atoms with van der Waals surface area (Å²) in [7, 11) is -6.31. The van der Waals surface area contributed by atoms with E-state index in [4.69, 9.17) is 15.0 Å². The molecule has 4 nitrogen and oxygen atoms in total. The summed E-state index contributed by atoms with van der Waals surface area (Å²) in [5, 5.41) is 12.3. The van der Waals surface area contributed by atoms with Crippen molar-refractivity contribution < 1.29 is 0 Å². The first-order valence-corrected chi connectivity index (χ1v) is 29.6. The van der Waals surface area contributed by atoms with Crippen molar-refractivity contribution in [1.29, 1.82) is 0 Å². The van der Waals surface area contributed by atoms with Gasteiger partial charge in [-0.15, -0.1) is 0 Å². The van der Waals surface area contributed by atoms with E-state index in [2.05, 4.69) is 308 Å². The highest BCUT2D eigenvalue weighted by atomic mass is 28.3. The molecule has 0 bridgehead atoms. The molecule has 11 aromatic carbocycles. The molecular weight excluding hydrogens is 941 g/mol. The van der Waals surface area contributed by atoms with Crippen molar-refractivity contribution in [2.24, 2.45) is 0 Å². The van der Waals surface area contributed by atoms with Crippen LogP contribution in [0.3, 0.4) is 0 Å². The van der Waals surface area contributed by atoms with E-state index < -0.39 is 16.1 Å². The third-order valence-corrected chi connectivity index (χ3v) is 24.7. The zero-order valence-electron chi connectivity index (χ0n) is 41.2. The van der Waals surface area contributed by atoms with Gasteiger partial charge in [-0.3, -0.25) is 4.57 Å². The fourth-order valence-corrected chi connectivity index (χ4v) is 21.7. The van der Waals surface area contributed by atoms with Gasteiger partial charge in [0.25, 0.3) is 0 Å². The summed E-state index contributed by atoms with van der Waals surface area (Å²) in [6.45, 7) is 0. The predicted molar refractivity (Wildman–Crippen MR) is 318 cm³/mol. The van der Waals surface area contributed by atoms with Crippen molar-refractivity contribution in [3.63, 3.8) is 0 Å². The zero-order valence-corrected chi connectivity index (χ0v) is 43.2. The summed E-state index contributed by atoms with van der Waals surface area (Å²) in [5.74, 6) is 1.76. The number of para-hydroxylation sites is 2. The maximum Gasteiger partial charge on any atom is 0.238 e. The van der Waals surface area contributed by atoms with Gasteiger partial charge in [0.1, 0.15) is 0 Å². The molecule has 75 heavy (non-hydrogen) atoms. The maximum atomic E-state index is 5.90. The Morgan fingerprint density at radius 1 is 0.253 bits per heavy atom. The molecule has 0 aliphatic carbocycles. The first-order chi connectivity index (χ1) is 37.2. The Labute approximate surface area is 439 Å². The Balaban J connectivity index is 1.19. The van der Waals surface area contributed by atoms with Crippen LogP contribution in [-0.2, 0) is 0 Å². The second-order valence-electron chi connectivity index (χ2n) is 19.0. The summed E-state index contributed by atoms with van der Waals surface area (Å²) < 4.78 is 2.25. The van der Waals surface area contributed by atoms with Gasteiger partial charge in [-0.25, -0.2) is 4.98 Å². The van der Waals surface area contributed by atoms with Crippen molar-refractivity contribution in [2.75, 3.05) is 0 Å². The highest BCUT2D eigenvalue weighted by Gasteiger charge is 2.45. The Hall–Kier alpha value is -9.34. The van der Waals surface area contributed by atoms with Crippen molar-refractivity contribution >= 4 is 79.4 Å². The van der Waals surface area contributed by atoms with Gasteiger partial charge in [-0.05, 0) is 70.8 Å². The van der Waals surface area contributed by atoms with E-state index in [9.17, 15) is 0 Å². The SMILES string of the molecule is c1ccc(-c2ccc([Si](c3ccccc3)(c3ccccc3)c3ccccc3)c(-c3nc(-c4ccccc4[Si](c4ccccc4)(c4ccccc4)c4ccccc4)nc(-n4c5ccccc5c5ccccc54)n3)c2)cc1. The molecule has 13 aromatic rings. The van der Waals surface area contributed by atoms with Crippen LogP contribution in [0.25, 0.3) is 61.7 Å². The largest absolute Gasteiger partial charge is 0.278 e. The van der Waals surface area contributed by atoms with E-state index in [1.807, 2.05) is 0 Å². The molecule has 13 rings (SSSR count). The lowest BCUT2D eigenvalue weighted by Crippen LogP contribution is -2.75. The van der Waals surface area contributed by atoms with Gasteiger partial charge in [0.15, 0.2) is 27.8 Å². The standard InChI is InChI=1S/C69H50N4Si2/c1-8-28-51(29-9-1)52-48-49-66(75(56-36-16-5-17-37-56,57-38-18-6-19-39-57)58-40-20-7-21-41-58)62(50-52)68-70-67(71-69(72-68)73-63-45-25-22-42-59(63)60-43-23-26-46-64(60)73)61-44-24-27-47-65(61)74(53-30-10-2-11-31-53,54-32-12-3-13-33-54)55-34-14-4-15-35-55/h1-50H. The van der Waals surface area contributed by atoms with Crippen LogP contribution in [-0.4, -0.2) is 35.7 Å². The number of fused-ring (bicyclic) bond motifs is 3. The van der Waals surface area contributed by atoms with Crippen LogP contribution in [0.4, 0.5) is 0 Å². The topological polar surface area (TPSA) is 43.6 Å². The van der Waals surface area contributed by atoms with Crippen LogP contribution >= 0.6 is 0 Å². The first kappa shape index (κ1) is 45.5. The van der Waals surface area contributed by atoms with Crippen LogP contribution in [0.5, 0.6) is 0 Å². The number of benzene rings is 11. The molecule has 0 aliphatic heterocycles. The van der Waals surface area contributed by atoms with Gasteiger partial charge in [-0.1, -0.05) is 285 Å².